The Morgan fingerprint density at radius 2 is 1.70 bits per heavy atom. The first-order valence-corrected chi connectivity index (χ1v) is 15.7. The maximum Gasteiger partial charge on any atom is 0.302 e. The fraction of sp³-hybridized carbons (Fsp3) is 0.947. The molecule has 11 atom stereocenters. The van der Waals surface area contributed by atoms with Crippen LogP contribution >= 0.6 is 0 Å². The predicted molar refractivity (Wildman–Crippen MR) is 128 cm³/mol. The number of amides is 1. The third-order valence-electron chi connectivity index (χ3n) is 7.54. The number of aliphatic hydroxyl groups is 1. The van der Waals surface area contributed by atoms with Gasteiger partial charge in [-0.25, -0.2) is 0 Å². The second-order valence-corrected chi connectivity index (χ2v) is 13.8. The summed E-state index contributed by atoms with van der Waals surface area (Å²) in [6.45, 7) is 1.21. The molecule has 5 N–H and O–H groups in total. The minimum absolute atomic E-state index is 0.0286. The number of carbonyl (C=O) groups is 1. The summed E-state index contributed by atoms with van der Waals surface area (Å²) in [5.74, 6) is -1.90. The van der Waals surface area contributed by atoms with Crippen LogP contribution in [-0.2, 0) is 45.3 Å². The van der Waals surface area contributed by atoms with E-state index in [0.717, 1.165) is 0 Å². The molecule has 0 aromatic carbocycles. The van der Waals surface area contributed by atoms with Crippen molar-refractivity contribution in [3.63, 3.8) is 0 Å². The van der Waals surface area contributed by atoms with Gasteiger partial charge in [-0.3, -0.25) is 22.6 Å². The van der Waals surface area contributed by atoms with Crippen LogP contribution in [0.2, 0.25) is 0 Å². The predicted octanol–water partition coefficient (Wildman–Crippen LogP) is -0.295. The molecule has 3 aliphatic rings. The van der Waals surface area contributed by atoms with E-state index >= 15 is 0 Å². The molecule has 1 amide bonds. The number of methoxy groups -OCH3 is 1. The zero-order valence-electron chi connectivity index (χ0n) is 20.2. The van der Waals surface area contributed by atoms with Crippen molar-refractivity contribution < 1.29 is 53.5 Å². The van der Waals surface area contributed by atoms with Gasteiger partial charge in [-0.1, -0.05) is 0 Å². The van der Waals surface area contributed by atoms with E-state index in [4.69, 9.17) is 8.92 Å². The Labute approximate surface area is 217 Å². The van der Waals surface area contributed by atoms with Crippen molar-refractivity contribution in [1.82, 2.24) is 5.32 Å². The van der Waals surface area contributed by atoms with Gasteiger partial charge in [-0.15, -0.1) is 0 Å². The first-order chi connectivity index (χ1) is 17.1. The summed E-state index contributed by atoms with van der Waals surface area (Å²) in [7, 11) is -7.59. The molecule has 15 nitrogen and oxygen atoms in total. The monoisotopic (exact) mass is 591 g/mol. The van der Waals surface area contributed by atoms with Crippen LogP contribution in [0.3, 0.4) is 0 Å². The molecule has 37 heavy (non-hydrogen) atoms. The van der Waals surface area contributed by atoms with Gasteiger partial charge in [0, 0.05) is 26.0 Å². The lowest BCUT2D eigenvalue weighted by Crippen LogP contribution is -2.61. The van der Waals surface area contributed by atoms with Gasteiger partial charge in [0.05, 0.1) is 23.5 Å². The summed E-state index contributed by atoms with van der Waals surface area (Å²) < 4.78 is 98.1. The third kappa shape index (κ3) is 7.51. The molecule has 0 saturated heterocycles. The van der Waals surface area contributed by atoms with E-state index in [-0.39, 0.29) is 32.1 Å². The van der Waals surface area contributed by atoms with Gasteiger partial charge in [0.2, 0.25) is 5.91 Å². The van der Waals surface area contributed by atoms with E-state index in [1.54, 1.807) is 0 Å². The summed E-state index contributed by atoms with van der Waals surface area (Å²) in [4.78, 5) is 11.8. The van der Waals surface area contributed by atoms with Crippen LogP contribution in [-0.4, -0.2) is 99.8 Å². The number of carbonyl (C=O) groups excluding carboxylic acids is 1. The van der Waals surface area contributed by atoms with Gasteiger partial charge in [-0.2, -0.15) is 31.3 Å². The normalized spacial score (nSPS) is 40.2. The van der Waals surface area contributed by atoms with Crippen molar-refractivity contribution in [1.29, 1.82) is 0 Å². The average molecular weight is 592 g/mol. The molecule has 0 spiro atoms. The van der Waals surface area contributed by atoms with E-state index in [2.05, 4.69) is 15.5 Å². The van der Waals surface area contributed by atoms with Crippen LogP contribution in [0, 0.1) is 11.8 Å². The van der Waals surface area contributed by atoms with Crippen LogP contribution in [0.25, 0.3) is 0 Å². The van der Waals surface area contributed by atoms with E-state index in [1.165, 1.54) is 14.0 Å². The molecule has 3 saturated carbocycles. The molecule has 0 aliphatic heterocycles. The summed E-state index contributed by atoms with van der Waals surface area (Å²) in [6, 6.07) is -3.12. The number of ether oxygens (including phenoxy) is 1. The summed E-state index contributed by atoms with van der Waals surface area (Å²) >= 11 is -2.79. The standard InChI is InChI=1S/C19H33N3O12S3/c1-9(23)20-14-8-12(36(27,28)29)5-10-6-15(34-35(25)26)18(19(24)17(10)14)22-21-13-4-3-11(33-2)7-16(13)37(30,31)32/h10-19,24H,3-8H2,1-2H3,(H,20,23)(H,25,26)(H,27,28,29)(H,30,31,32). The largest absolute Gasteiger partial charge is 0.390 e. The average Bonchev–Trinajstić information content (AvgIpc) is 2.76. The SMILES string of the molecule is COC1CCC(N=NC2C(OS(=O)O)CC3CC(S(=O)(=O)O)CC(NC(C)=O)C3C2O)C(S(=O)(=O)O)C1. The molecule has 11 unspecified atom stereocenters. The highest BCUT2D eigenvalue weighted by Gasteiger charge is 2.53. The molecule has 0 radical (unpaired) electrons. The zero-order valence-corrected chi connectivity index (χ0v) is 22.6. The minimum atomic E-state index is -4.52. The van der Waals surface area contributed by atoms with E-state index in [0.29, 0.717) is 6.42 Å². The molecule has 0 aromatic rings. The van der Waals surface area contributed by atoms with Gasteiger partial charge < -0.3 is 15.2 Å². The van der Waals surface area contributed by atoms with Crippen molar-refractivity contribution >= 4 is 37.5 Å². The highest BCUT2D eigenvalue weighted by molar-refractivity contribution is 7.86. The fourth-order valence-electron chi connectivity index (χ4n) is 5.93. The minimum Gasteiger partial charge on any atom is -0.390 e. The van der Waals surface area contributed by atoms with Crippen LogP contribution in [0.1, 0.15) is 45.4 Å². The van der Waals surface area contributed by atoms with Crippen molar-refractivity contribution in [3.8, 4) is 0 Å². The first-order valence-electron chi connectivity index (χ1n) is 11.7. The van der Waals surface area contributed by atoms with Gasteiger partial charge >= 0.3 is 11.4 Å². The molecule has 0 aromatic heterocycles. The Balaban J connectivity index is 1.93. The lowest BCUT2D eigenvalue weighted by molar-refractivity contribution is -0.122. The zero-order chi connectivity index (χ0) is 27.7. The summed E-state index contributed by atoms with van der Waals surface area (Å²) in [5, 5.41) is 19.6. The number of fused-ring (bicyclic) bond motifs is 1. The van der Waals surface area contributed by atoms with Crippen molar-refractivity contribution in [2.45, 2.75) is 92.4 Å². The van der Waals surface area contributed by atoms with Crippen molar-refractivity contribution in [2.24, 2.45) is 22.1 Å². The molecule has 0 heterocycles. The third-order valence-corrected chi connectivity index (χ3v) is 10.5. The van der Waals surface area contributed by atoms with Crippen LogP contribution in [0.5, 0.6) is 0 Å². The molecule has 3 aliphatic carbocycles. The van der Waals surface area contributed by atoms with Crippen LogP contribution in [0.4, 0.5) is 0 Å². The van der Waals surface area contributed by atoms with Gasteiger partial charge in [0.25, 0.3) is 20.2 Å². The lowest BCUT2D eigenvalue weighted by Gasteiger charge is -2.49. The smallest absolute Gasteiger partial charge is 0.302 e. The van der Waals surface area contributed by atoms with E-state index < -0.39 is 96.3 Å². The van der Waals surface area contributed by atoms with E-state index in [9.17, 15) is 44.6 Å². The molecule has 3 fully saturated rings. The van der Waals surface area contributed by atoms with Gasteiger partial charge in [0.1, 0.15) is 17.4 Å². The number of rotatable bonds is 8. The van der Waals surface area contributed by atoms with Gasteiger partial charge in [-0.05, 0) is 44.4 Å². The number of nitrogens with one attached hydrogen (secondary N) is 1. The molecule has 18 heteroatoms. The van der Waals surface area contributed by atoms with Crippen molar-refractivity contribution in [2.75, 3.05) is 7.11 Å². The van der Waals surface area contributed by atoms with Crippen LogP contribution in [0.15, 0.2) is 10.2 Å². The molecular formula is C19H33N3O12S3. The highest BCUT2D eigenvalue weighted by Crippen LogP contribution is 2.45. The molecular weight excluding hydrogens is 558 g/mol. The Kier molecular flexibility index (Phi) is 9.83. The van der Waals surface area contributed by atoms with Gasteiger partial charge in [0.15, 0.2) is 0 Å². The summed E-state index contributed by atoms with van der Waals surface area (Å²) in [6.07, 6.45) is -2.79. The molecule has 0 bridgehead atoms. The van der Waals surface area contributed by atoms with E-state index in [1.807, 2.05) is 0 Å². The number of hydrogen-bond donors (Lipinski definition) is 5. The second-order valence-electron chi connectivity index (χ2n) is 9.84. The summed E-state index contributed by atoms with van der Waals surface area (Å²) in [5.41, 5.74) is 0. The Hall–Kier alpha value is -1.12. The number of nitrogens with zero attached hydrogens (tertiary/aromatic N) is 2. The highest BCUT2D eigenvalue weighted by atomic mass is 32.2. The first kappa shape index (κ1) is 30.4. The Morgan fingerprint density at radius 3 is 2.24 bits per heavy atom. The maximum atomic E-state index is 12.0. The molecule has 214 valence electrons. The lowest BCUT2D eigenvalue weighted by atomic mass is 9.64. The van der Waals surface area contributed by atoms with Crippen molar-refractivity contribution in [3.05, 3.63) is 0 Å². The topological polar surface area (TPSA) is 239 Å². The van der Waals surface area contributed by atoms with Crippen LogP contribution < -0.4 is 5.32 Å². The Morgan fingerprint density at radius 1 is 1.03 bits per heavy atom. The molecule has 3 rings (SSSR count). The second kappa shape index (κ2) is 12.0. The number of aliphatic hydroxyl groups excluding tert-OH is 1. The fourth-order valence-corrected chi connectivity index (χ4v) is 8.32. The number of azo groups is 1. The Bertz CT molecular complexity index is 1100. The number of hydrogen-bond acceptors (Lipinski definition) is 11. The maximum absolute atomic E-state index is 12.0. The quantitative estimate of drug-likeness (QED) is 0.139.